The van der Waals surface area contributed by atoms with Crippen molar-refractivity contribution in [1.29, 1.82) is 0 Å². The molecule has 32 heavy (non-hydrogen) atoms. The van der Waals surface area contributed by atoms with Gasteiger partial charge in [-0.15, -0.1) is 10.2 Å². The van der Waals surface area contributed by atoms with Crippen molar-refractivity contribution in [3.63, 3.8) is 0 Å². The largest absolute Gasteiger partial charge is 0.352 e. The molecule has 0 aliphatic carbocycles. The number of nitrogens with one attached hydrogen (secondary N) is 2. The fourth-order valence-electron chi connectivity index (χ4n) is 4.00. The predicted molar refractivity (Wildman–Crippen MR) is 123 cm³/mol. The SMILES string of the molecule is NC(=O)N[C@@H](CC(=O)Nc1cccc(-c2nnc3n2CCCCC3)c1)c1ccccc1Cl. The second-order valence-electron chi connectivity index (χ2n) is 7.82. The van der Waals surface area contributed by atoms with Gasteiger partial charge in [0.1, 0.15) is 5.82 Å². The van der Waals surface area contributed by atoms with E-state index >= 15 is 0 Å². The molecule has 0 radical (unpaired) electrons. The number of amides is 3. The fourth-order valence-corrected chi connectivity index (χ4v) is 4.27. The summed E-state index contributed by atoms with van der Waals surface area (Å²) in [5.74, 6) is 1.54. The maximum atomic E-state index is 12.8. The standard InChI is InChI=1S/C23H25ClN6O2/c24-18-10-4-3-9-17(18)19(27-23(25)32)14-21(31)26-16-8-6-7-15(13-16)22-29-28-20-11-2-1-5-12-30(20)22/h3-4,6-10,13,19H,1-2,5,11-12,14H2,(H,26,31)(H3,25,27,32)/t19-/m0/s1. The molecule has 3 amide bonds. The summed E-state index contributed by atoms with van der Waals surface area (Å²) in [6.45, 7) is 0.895. The smallest absolute Gasteiger partial charge is 0.312 e. The van der Waals surface area contributed by atoms with E-state index in [4.69, 9.17) is 17.3 Å². The van der Waals surface area contributed by atoms with Crippen molar-refractivity contribution in [3.05, 3.63) is 64.9 Å². The van der Waals surface area contributed by atoms with Gasteiger partial charge in [0, 0.05) is 29.2 Å². The third-order valence-corrected chi connectivity index (χ3v) is 5.84. The molecule has 2 aromatic carbocycles. The van der Waals surface area contributed by atoms with Crippen LogP contribution < -0.4 is 16.4 Å². The van der Waals surface area contributed by atoms with Crippen molar-refractivity contribution < 1.29 is 9.59 Å². The first-order chi connectivity index (χ1) is 15.5. The molecule has 9 heteroatoms. The number of nitrogens with two attached hydrogens (primary N) is 1. The average molecular weight is 453 g/mol. The molecular weight excluding hydrogens is 428 g/mol. The van der Waals surface area contributed by atoms with Gasteiger partial charge in [0.05, 0.1) is 12.5 Å². The van der Waals surface area contributed by atoms with E-state index in [1.54, 1.807) is 24.3 Å². The number of anilines is 1. The zero-order valence-electron chi connectivity index (χ0n) is 17.6. The third kappa shape index (κ3) is 5.08. The molecule has 0 unspecified atom stereocenters. The summed E-state index contributed by atoms with van der Waals surface area (Å²) in [5, 5.41) is 14.7. The van der Waals surface area contributed by atoms with Crippen molar-refractivity contribution >= 4 is 29.2 Å². The molecular formula is C23H25ClN6O2. The average Bonchev–Trinajstić information content (AvgIpc) is 3.02. The van der Waals surface area contributed by atoms with Crippen molar-refractivity contribution in [2.24, 2.45) is 5.73 Å². The molecule has 0 spiro atoms. The van der Waals surface area contributed by atoms with E-state index in [-0.39, 0.29) is 12.3 Å². The van der Waals surface area contributed by atoms with Gasteiger partial charge < -0.3 is 20.9 Å². The lowest BCUT2D eigenvalue weighted by Gasteiger charge is -2.19. The van der Waals surface area contributed by atoms with Crippen LogP contribution in [0.5, 0.6) is 0 Å². The molecule has 0 saturated carbocycles. The Bertz CT molecular complexity index is 1130. The maximum absolute atomic E-state index is 12.8. The van der Waals surface area contributed by atoms with Crippen LogP contribution in [0.3, 0.4) is 0 Å². The number of carbonyl (C=O) groups is 2. The van der Waals surface area contributed by atoms with Crippen molar-refractivity contribution in [2.45, 2.75) is 44.7 Å². The summed E-state index contributed by atoms with van der Waals surface area (Å²) >= 11 is 6.25. The van der Waals surface area contributed by atoms with E-state index in [9.17, 15) is 9.59 Å². The monoisotopic (exact) mass is 452 g/mol. The van der Waals surface area contributed by atoms with E-state index in [2.05, 4.69) is 25.4 Å². The van der Waals surface area contributed by atoms with Crippen LogP contribution in [-0.4, -0.2) is 26.7 Å². The molecule has 166 valence electrons. The number of aryl methyl sites for hydroxylation is 1. The number of benzene rings is 2. The van der Waals surface area contributed by atoms with E-state index in [0.29, 0.717) is 16.3 Å². The summed E-state index contributed by atoms with van der Waals surface area (Å²) in [5.41, 5.74) is 7.46. The van der Waals surface area contributed by atoms with E-state index in [1.165, 1.54) is 6.42 Å². The van der Waals surface area contributed by atoms with Gasteiger partial charge in [0.25, 0.3) is 0 Å². The van der Waals surface area contributed by atoms with Crippen molar-refractivity contribution in [3.8, 4) is 11.4 Å². The molecule has 2 heterocycles. The highest BCUT2D eigenvalue weighted by atomic mass is 35.5. The van der Waals surface area contributed by atoms with Gasteiger partial charge in [0.2, 0.25) is 5.91 Å². The lowest BCUT2D eigenvalue weighted by atomic mass is 10.0. The Morgan fingerprint density at radius 1 is 1.09 bits per heavy atom. The first-order valence-electron chi connectivity index (χ1n) is 10.6. The quantitative estimate of drug-likeness (QED) is 0.523. The zero-order valence-corrected chi connectivity index (χ0v) is 18.3. The number of hydrogen-bond acceptors (Lipinski definition) is 4. The Morgan fingerprint density at radius 2 is 1.94 bits per heavy atom. The van der Waals surface area contributed by atoms with Gasteiger partial charge >= 0.3 is 6.03 Å². The van der Waals surface area contributed by atoms with Gasteiger partial charge in [-0.3, -0.25) is 4.79 Å². The number of urea groups is 1. The van der Waals surface area contributed by atoms with Crippen LogP contribution in [0, 0.1) is 0 Å². The van der Waals surface area contributed by atoms with Gasteiger partial charge in [-0.1, -0.05) is 48.4 Å². The molecule has 3 aromatic rings. The number of fused-ring (bicyclic) bond motifs is 1. The first kappa shape index (κ1) is 21.8. The number of hydrogen-bond donors (Lipinski definition) is 3. The highest BCUT2D eigenvalue weighted by Gasteiger charge is 2.20. The Balaban J connectivity index is 1.51. The topological polar surface area (TPSA) is 115 Å². The van der Waals surface area contributed by atoms with Crippen molar-refractivity contribution in [2.75, 3.05) is 5.32 Å². The number of halogens is 1. The van der Waals surface area contributed by atoms with Gasteiger partial charge in [-0.2, -0.15) is 0 Å². The minimum Gasteiger partial charge on any atom is -0.352 e. The number of rotatable bonds is 6. The Labute approximate surface area is 191 Å². The molecule has 4 rings (SSSR count). The van der Waals surface area contributed by atoms with E-state index in [1.807, 2.05) is 24.3 Å². The van der Waals surface area contributed by atoms with Gasteiger partial charge in [-0.25, -0.2) is 4.79 Å². The highest BCUT2D eigenvalue weighted by Crippen LogP contribution is 2.27. The van der Waals surface area contributed by atoms with Crippen LogP contribution >= 0.6 is 11.6 Å². The van der Waals surface area contributed by atoms with Crippen LogP contribution in [0.2, 0.25) is 5.02 Å². The second kappa shape index (κ2) is 9.82. The number of nitrogens with zero attached hydrogens (tertiary/aromatic N) is 3. The number of carbonyl (C=O) groups excluding carboxylic acids is 2. The predicted octanol–water partition coefficient (Wildman–Crippen LogP) is 4.06. The summed E-state index contributed by atoms with van der Waals surface area (Å²) in [4.78, 5) is 24.3. The maximum Gasteiger partial charge on any atom is 0.312 e. The minimum absolute atomic E-state index is 0.0166. The lowest BCUT2D eigenvalue weighted by Crippen LogP contribution is -2.35. The fraction of sp³-hybridized carbons (Fsp3) is 0.304. The van der Waals surface area contributed by atoms with Crippen LogP contribution in [0.1, 0.15) is 43.1 Å². The molecule has 1 aliphatic heterocycles. The van der Waals surface area contributed by atoms with Crippen LogP contribution in [0.25, 0.3) is 11.4 Å². The number of primary amides is 1. The second-order valence-corrected chi connectivity index (χ2v) is 8.23. The molecule has 8 nitrogen and oxygen atoms in total. The Kier molecular flexibility index (Phi) is 6.70. The summed E-state index contributed by atoms with van der Waals surface area (Å²) < 4.78 is 2.16. The summed E-state index contributed by atoms with van der Waals surface area (Å²) in [6, 6.07) is 13.2. The van der Waals surface area contributed by atoms with Crippen LogP contribution in [-0.2, 0) is 17.8 Å². The molecule has 0 saturated heterocycles. The summed E-state index contributed by atoms with van der Waals surface area (Å²) in [6.07, 6.45) is 4.33. The Morgan fingerprint density at radius 3 is 2.75 bits per heavy atom. The molecule has 4 N–H and O–H groups in total. The molecule has 1 atom stereocenters. The normalized spacial score (nSPS) is 14.2. The summed E-state index contributed by atoms with van der Waals surface area (Å²) in [7, 11) is 0. The van der Waals surface area contributed by atoms with E-state index in [0.717, 1.165) is 43.0 Å². The molecule has 1 aromatic heterocycles. The van der Waals surface area contributed by atoms with Crippen molar-refractivity contribution in [1.82, 2.24) is 20.1 Å². The van der Waals surface area contributed by atoms with Crippen LogP contribution in [0.4, 0.5) is 10.5 Å². The zero-order chi connectivity index (χ0) is 22.5. The van der Waals surface area contributed by atoms with Gasteiger partial charge in [-0.05, 0) is 36.6 Å². The lowest BCUT2D eigenvalue weighted by molar-refractivity contribution is -0.116. The first-order valence-corrected chi connectivity index (χ1v) is 11.0. The number of aromatic nitrogens is 3. The van der Waals surface area contributed by atoms with Crippen LogP contribution in [0.15, 0.2) is 48.5 Å². The molecule has 1 aliphatic rings. The highest BCUT2D eigenvalue weighted by molar-refractivity contribution is 6.31. The molecule has 0 fully saturated rings. The third-order valence-electron chi connectivity index (χ3n) is 5.50. The minimum atomic E-state index is -0.725. The van der Waals surface area contributed by atoms with E-state index < -0.39 is 12.1 Å². The Hall–Kier alpha value is -3.39. The molecule has 0 bridgehead atoms. The van der Waals surface area contributed by atoms with Gasteiger partial charge in [0.15, 0.2) is 5.82 Å².